The van der Waals surface area contributed by atoms with Crippen LogP contribution in [0, 0.1) is 13.8 Å². The Labute approximate surface area is 182 Å². The van der Waals surface area contributed by atoms with Gasteiger partial charge in [-0.2, -0.15) is 18.3 Å². The zero-order valence-electron chi connectivity index (χ0n) is 17.3. The van der Waals surface area contributed by atoms with Crippen LogP contribution >= 0.6 is 0 Å². The molecule has 166 valence electrons. The van der Waals surface area contributed by atoms with Gasteiger partial charge in [0.05, 0.1) is 10.6 Å². The minimum Gasteiger partial charge on any atom is -0.449 e. The van der Waals surface area contributed by atoms with Crippen molar-refractivity contribution in [1.82, 2.24) is 14.8 Å². The number of nitrogens with zero attached hydrogens (tertiary/aromatic N) is 3. The van der Waals surface area contributed by atoms with Crippen molar-refractivity contribution in [3.63, 3.8) is 0 Å². The molecule has 0 aliphatic carbocycles. The minimum atomic E-state index is -4.58. The Morgan fingerprint density at radius 2 is 1.72 bits per heavy atom. The highest BCUT2D eigenvalue weighted by atomic mass is 32.2. The number of aromatic nitrogens is 3. The van der Waals surface area contributed by atoms with Crippen molar-refractivity contribution >= 4 is 9.84 Å². The second-order valence-corrected chi connectivity index (χ2v) is 9.38. The van der Waals surface area contributed by atoms with Crippen LogP contribution in [-0.4, -0.2) is 29.4 Å². The minimum absolute atomic E-state index is 0.163. The zero-order valence-corrected chi connectivity index (χ0v) is 18.1. The van der Waals surface area contributed by atoms with Crippen LogP contribution in [0.3, 0.4) is 0 Å². The first-order valence-corrected chi connectivity index (χ1v) is 11.3. The van der Waals surface area contributed by atoms with Crippen molar-refractivity contribution in [3.05, 3.63) is 72.1 Å². The maximum atomic E-state index is 13.2. The molecule has 0 saturated carbocycles. The van der Waals surface area contributed by atoms with Crippen molar-refractivity contribution in [1.29, 1.82) is 0 Å². The van der Waals surface area contributed by atoms with E-state index in [9.17, 15) is 21.6 Å². The van der Waals surface area contributed by atoms with Crippen molar-refractivity contribution in [2.75, 3.05) is 6.26 Å². The van der Waals surface area contributed by atoms with Gasteiger partial charge in [-0.15, -0.1) is 0 Å². The molecule has 0 radical (unpaired) electrons. The van der Waals surface area contributed by atoms with Gasteiger partial charge in [-0.1, -0.05) is 18.2 Å². The lowest BCUT2D eigenvalue weighted by molar-refractivity contribution is -0.141. The molecule has 4 rings (SSSR count). The van der Waals surface area contributed by atoms with E-state index >= 15 is 0 Å². The molecule has 2 aromatic heterocycles. The molecule has 0 N–H and O–H groups in total. The quantitative estimate of drug-likeness (QED) is 0.416. The van der Waals surface area contributed by atoms with E-state index in [2.05, 4.69) is 10.1 Å². The third-order valence-electron chi connectivity index (χ3n) is 4.89. The summed E-state index contributed by atoms with van der Waals surface area (Å²) >= 11 is 0. The first-order valence-electron chi connectivity index (χ1n) is 9.45. The first kappa shape index (κ1) is 21.8. The van der Waals surface area contributed by atoms with Crippen molar-refractivity contribution in [3.8, 4) is 28.1 Å². The van der Waals surface area contributed by atoms with Gasteiger partial charge in [0.2, 0.25) is 0 Å². The van der Waals surface area contributed by atoms with Crippen molar-refractivity contribution < 1.29 is 26.0 Å². The predicted octanol–water partition coefficient (Wildman–Crippen LogP) is 5.23. The van der Waals surface area contributed by atoms with Gasteiger partial charge in [0.25, 0.3) is 0 Å². The molecule has 0 atom stereocenters. The molecule has 0 spiro atoms. The summed E-state index contributed by atoms with van der Waals surface area (Å²) in [6, 6.07) is 12.5. The molecule has 32 heavy (non-hydrogen) atoms. The fraction of sp³-hybridized carbons (Fsp3) is 0.182. The van der Waals surface area contributed by atoms with Gasteiger partial charge in [0.15, 0.2) is 21.4 Å². The van der Waals surface area contributed by atoms with Gasteiger partial charge in [-0.3, -0.25) is 0 Å². The highest BCUT2D eigenvalue weighted by Gasteiger charge is 2.34. The summed E-state index contributed by atoms with van der Waals surface area (Å²) < 4.78 is 70.0. The first-order chi connectivity index (χ1) is 14.9. The molecule has 2 aromatic carbocycles. The Kier molecular flexibility index (Phi) is 5.20. The average molecular weight is 461 g/mol. The summed E-state index contributed by atoms with van der Waals surface area (Å²) in [6.07, 6.45) is -2.04. The van der Waals surface area contributed by atoms with Crippen LogP contribution in [0.5, 0.6) is 0 Å². The summed E-state index contributed by atoms with van der Waals surface area (Å²) in [5, 5.41) is 3.75. The summed E-state index contributed by atoms with van der Waals surface area (Å²) in [5.41, 5.74) is 1.89. The largest absolute Gasteiger partial charge is 0.449 e. The van der Waals surface area contributed by atoms with Crippen LogP contribution in [0.1, 0.15) is 17.3 Å². The Hall–Kier alpha value is -3.40. The van der Waals surface area contributed by atoms with Crippen LogP contribution in [0.2, 0.25) is 0 Å². The number of hydrogen-bond acceptors (Lipinski definition) is 5. The summed E-state index contributed by atoms with van der Waals surface area (Å²) in [7, 11) is -3.41. The number of hydrogen-bond donors (Lipinski definition) is 0. The molecule has 10 heteroatoms. The average Bonchev–Trinajstić information content (AvgIpc) is 3.32. The lowest BCUT2D eigenvalue weighted by Gasteiger charge is -2.13. The molecule has 0 amide bonds. The molecule has 0 fully saturated rings. The van der Waals surface area contributed by atoms with E-state index < -0.39 is 21.7 Å². The van der Waals surface area contributed by atoms with Crippen LogP contribution in [0.4, 0.5) is 13.2 Å². The van der Waals surface area contributed by atoms with E-state index in [0.717, 1.165) is 12.3 Å². The molecule has 2 heterocycles. The SMILES string of the molecule is Cc1nc(-c2cc(-c3cccc(S(C)(=O)=O)c3)ccc2-n2nc(C(F)(F)F)cc2C)co1. The van der Waals surface area contributed by atoms with E-state index in [1.54, 1.807) is 43.3 Å². The summed E-state index contributed by atoms with van der Waals surface area (Å²) in [5.74, 6) is 0.392. The van der Waals surface area contributed by atoms with Crippen LogP contribution < -0.4 is 0 Å². The number of benzene rings is 2. The Morgan fingerprint density at radius 3 is 2.31 bits per heavy atom. The maximum absolute atomic E-state index is 13.2. The second-order valence-electron chi connectivity index (χ2n) is 7.36. The van der Waals surface area contributed by atoms with Gasteiger partial charge in [0, 0.05) is 24.4 Å². The van der Waals surface area contributed by atoms with E-state index in [0.29, 0.717) is 39.7 Å². The number of alkyl halides is 3. The fourth-order valence-corrected chi connectivity index (χ4v) is 4.02. The normalized spacial score (nSPS) is 12.3. The lowest BCUT2D eigenvalue weighted by atomic mass is 10.0. The topological polar surface area (TPSA) is 78.0 Å². The predicted molar refractivity (Wildman–Crippen MR) is 112 cm³/mol. The van der Waals surface area contributed by atoms with Gasteiger partial charge in [-0.25, -0.2) is 18.1 Å². The monoisotopic (exact) mass is 461 g/mol. The van der Waals surface area contributed by atoms with Gasteiger partial charge in [0.1, 0.15) is 12.0 Å². The molecular formula is C22H18F3N3O3S. The van der Waals surface area contributed by atoms with Gasteiger partial charge >= 0.3 is 6.18 Å². The molecular weight excluding hydrogens is 443 g/mol. The number of rotatable bonds is 4. The molecule has 6 nitrogen and oxygen atoms in total. The number of oxazole rings is 1. The van der Waals surface area contributed by atoms with E-state index in [-0.39, 0.29) is 4.90 Å². The Balaban J connectivity index is 1.92. The van der Waals surface area contributed by atoms with Crippen LogP contribution in [-0.2, 0) is 16.0 Å². The third-order valence-corrected chi connectivity index (χ3v) is 6.00. The summed E-state index contributed by atoms with van der Waals surface area (Å²) in [4.78, 5) is 4.48. The number of aryl methyl sites for hydroxylation is 2. The van der Waals surface area contributed by atoms with E-state index in [1.165, 1.54) is 23.9 Å². The number of sulfone groups is 1. The molecule has 0 unspecified atom stereocenters. The molecule has 0 aliphatic heterocycles. The lowest BCUT2D eigenvalue weighted by Crippen LogP contribution is -2.08. The van der Waals surface area contributed by atoms with Crippen LogP contribution in [0.25, 0.3) is 28.1 Å². The van der Waals surface area contributed by atoms with Gasteiger partial charge < -0.3 is 4.42 Å². The molecule has 0 aliphatic rings. The van der Waals surface area contributed by atoms with E-state index in [1.807, 2.05) is 0 Å². The molecule has 0 bridgehead atoms. The highest BCUT2D eigenvalue weighted by molar-refractivity contribution is 7.90. The standard InChI is InChI=1S/C22H18F3N3O3S/c1-13-9-21(22(23,24)25)27-28(13)20-8-7-16(11-18(20)19-12-31-14(2)26-19)15-5-4-6-17(10-15)32(3,29)30/h4-12H,1-3H3. The molecule has 0 saturated heterocycles. The third kappa shape index (κ3) is 4.18. The second kappa shape index (κ2) is 7.63. The Bertz CT molecular complexity index is 1420. The van der Waals surface area contributed by atoms with Crippen molar-refractivity contribution in [2.45, 2.75) is 24.9 Å². The fourth-order valence-electron chi connectivity index (χ4n) is 3.36. The highest BCUT2D eigenvalue weighted by Crippen LogP contribution is 2.35. The maximum Gasteiger partial charge on any atom is 0.435 e. The van der Waals surface area contributed by atoms with Gasteiger partial charge in [-0.05, 0) is 48.4 Å². The zero-order chi connectivity index (χ0) is 23.3. The smallest absolute Gasteiger partial charge is 0.435 e. The Morgan fingerprint density at radius 1 is 1.00 bits per heavy atom. The van der Waals surface area contributed by atoms with Crippen LogP contribution in [0.15, 0.2) is 64.1 Å². The number of halogens is 3. The molecule has 4 aromatic rings. The van der Waals surface area contributed by atoms with E-state index in [4.69, 9.17) is 4.42 Å². The van der Waals surface area contributed by atoms with Crippen molar-refractivity contribution in [2.24, 2.45) is 0 Å². The summed E-state index contributed by atoms with van der Waals surface area (Å²) in [6.45, 7) is 3.19.